The minimum atomic E-state index is -0.976. The topological polar surface area (TPSA) is 133 Å². The van der Waals surface area contributed by atoms with E-state index in [2.05, 4.69) is 0 Å². The second-order valence-corrected chi connectivity index (χ2v) is 10.1. The van der Waals surface area contributed by atoms with Crippen molar-refractivity contribution in [2.24, 2.45) is 17.1 Å². The molecule has 4 N–H and O–H groups in total. The van der Waals surface area contributed by atoms with E-state index in [0.29, 0.717) is 32.5 Å². The fourth-order valence-corrected chi connectivity index (χ4v) is 4.75. The van der Waals surface area contributed by atoms with E-state index in [4.69, 9.17) is 15.6 Å². The molecule has 9 heteroatoms. The average molecular weight is 462 g/mol. The predicted molar refractivity (Wildman–Crippen MR) is 123 cm³/mol. The zero-order chi connectivity index (χ0) is 24.3. The molecule has 0 aliphatic carbocycles. The lowest BCUT2D eigenvalue weighted by molar-refractivity contribution is -0.142. The summed E-state index contributed by atoms with van der Waals surface area (Å²) >= 11 is 0. The molecule has 1 aromatic carbocycles. The van der Waals surface area contributed by atoms with Gasteiger partial charge < -0.3 is 25.6 Å². The van der Waals surface area contributed by atoms with Crippen LogP contribution in [0.3, 0.4) is 0 Å². The zero-order valence-corrected chi connectivity index (χ0v) is 19.6. The van der Waals surface area contributed by atoms with E-state index in [-0.39, 0.29) is 30.9 Å². The summed E-state index contributed by atoms with van der Waals surface area (Å²) in [4.78, 5) is 40.1. The number of para-hydroxylation sites is 1. The predicted octanol–water partition coefficient (Wildman–Crippen LogP) is 2.00. The molecule has 2 aliphatic heterocycles. The Morgan fingerprint density at radius 3 is 2.64 bits per heavy atom. The smallest absolute Gasteiger partial charge is 0.410 e. The summed E-state index contributed by atoms with van der Waals surface area (Å²) in [5.41, 5.74) is 7.52. The van der Waals surface area contributed by atoms with Gasteiger partial charge in [-0.05, 0) is 36.3 Å². The molecular weight excluding hydrogens is 426 g/mol. The van der Waals surface area contributed by atoms with Gasteiger partial charge in [-0.3, -0.25) is 14.5 Å². The van der Waals surface area contributed by atoms with Crippen LogP contribution in [0.1, 0.15) is 45.6 Å². The molecule has 4 atom stereocenters. The van der Waals surface area contributed by atoms with Crippen molar-refractivity contribution in [3.8, 4) is 0 Å². The number of carbonyl (C=O) groups is 3. The number of cyclic esters (lactones) is 1. The van der Waals surface area contributed by atoms with E-state index in [1.165, 1.54) is 6.92 Å². The third-order valence-electron chi connectivity index (χ3n) is 6.59. The van der Waals surface area contributed by atoms with Gasteiger partial charge in [-0.2, -0.15) is 0 Å². The van der Waals surface area contributed by atoms with E-state index >= 15 is 0 Å². The molecule has 3 rings (SSSR count). The summed E-state index contributed by atoms with van der Waals surface area (Å²) in [6, 6.07) is 6.92. The van der Waals surface area contributed by atoms with E-state index in [1.54, 1.807) is 9.80 Å². The van der Waals surface area contributed by atoms with Gasteiger partial charge in [0, 0.05) is 24.7 Å². The Labute approximate surface area is 194 Å². The molecule has 0 spiro atoms. The van der Waals surface area contributed by atoms with E-state index in [0.717, 1.165) is 11.3 Å². The molecule has 0 aromatic heterocycles. The van der Waals surface area contributed by atoms with Crippen LogP contribution in [0.5, 0.6) is 0 Å². The van der Waals surface area contributed by atoms with E-state index in [9.17, 15) is 19.5 Å². The Morgan fingerprint density at radius 2 is 2.00 bits per heavy atom. The van der Waals surface area contributed by atoms with Crippen molar-refractivity contribution in [2.45, 2.75) is 64.6 Å². The first-order chi connectivity index (χ1) is 15.5. The van der Waals surface area contributed by atoms with Gasteiger partial charge in [-0.25, -0.2) is 4.79 Å². The van der Waals surface area contributed by atoms with Crippen LogP contribution >= 0.6 is 0 Å². The number of amides is 2. The van der Waals surface area contributed by atoms with Crippen molar-refractivity contribution in [1.29, 1.82) is 0 Å². The molecule has 1 fully saturated rings. The zero-order valence-electron chi connectivity index (χ0n) is 19.6. The molecule has 1 saturated heterocycles. The summed E-state index contributed by atoms with van der Waals surface area (Å²) in [6.45, 7) is 6.64. The van der Waals surface area contributed by atoms with Gasteiger partial charge in [0.15, 0.2) is 0 Å². The second-order valence-electron chi connectivity index (χ2n) is 10.1. The first-order valence-electron chi connectivity index (χ1n) is 11.5. The van der Waals surface area contributed by atoms with Crippen molar-refractivity contribution >= 4 is 23.7 Å². The Hall–Kier alpha value is -2.65. The van der Waals surface area contributed by atoms with Crippen molar-refractivity contribution in [3.05, 3.63) is 29.8 Å². The maximum atomic E-state index is 13.4. The second kappa shape index (κ2) is 10.1. The number of nitrogens with two attached hydrogens (primary N) is 1. The van der Waals surface area contributed by atoms with Crippen molar-refractivity contribution in [3.63, 3.8) is 0 Å². The van der Waals surface area contributed by atoms with Crippen LogP contribution in [0, 0.1) is 11.3 Å². The summed E-state index contributed by atoms with van der Waals surface area (Å²) in [7, 11) is 0. The molecule has 2 amide bonds. The minimum absolute atomic E-state index is 0.0631. The van der Waals surface area contributed by atoms with Gasteiger partial charge in [0.05, 0.1) is 24.6 Å². The Balaban J connectivity index is 1.69. The highest BCUT2D eigenvalue weighted by atomic mass is 16.6. The number of benzene rings is 1. The molecular formula is C24H35N3O6. The number of aliphatic hydroxyl groups is 1. The molecule has 1 aromatic rings. The number of carboxylic acid groups (broad SMARTS) is 1. The number of fused-ring (bicyclic) bond motifs is 1. The molecule has 2 heterocycles. The highest BCUT2D eigenvalue weighted by molar-refractivity contribution is 5.95. The number of nitrogens with zero attached hydrogens (tertiary/aromatic N) is 2. The van der Waals surface area contributed by atoms with Gasteiger partial charge in [0.2, 0.25) is 5.91 Å². The number of aliphatic carboxylic acids is 1. The number of rotatable bonds is 9. The van der Waals surface area contributed by atoms with Crippen LogP contribution in [0.25, 0.3) is 0 Å². The van der Waals surface area contributed by atoms with Crippen LogP contribution in [-0.4, -0.2) is 71.0 Å². The maximum absolute atomic E-state index is 13.4. The van der Waals surface area contributed by atoms with Crippen LogP contribution in [-0.2, 0) is 20.7 Å². The van der Waals surface area contributed by atoms with Gasteiger partial charge in [0.25, 0.3) is 0 Å². The number of carbonyl (C=O) groups excluding carboxylic acids is 2. The molecule has 0 saturated carbocycles. The number of ether oxygens (including phenoxy) is 1. The monoisotopic (exact) mass is 461 g/mol. The third-order valence-corrected chi connectivity index (χ3v) is 6.59. The molecule has 182 valence electrons. The first kappa shape index (κ1) is 25.0. The molecule has 33 heavy (non-hydrogen) atoms. The summed E-state index contributed by atoms with van der Waals surface area (Å²) in [5, 5.41) is 19.4. The first-order valence-corrected chi connectivity index (χ1v) is 11.5. The number of anilines is 1. The quantitative estimate of drug-likeness (QED) is 0.512. The Bertz CT molecular complexity index is 889. The van der Waals surface area contributed by atoms with E-state index < -0.39 is 29.4 Å². The number of carboxylic acids is 1. The lowest BCUT2D eigenvalue weighted by atomic mass is 9.79. The molecule has 0 bridgehead atoms. The molecule has 0 radical (unpaired) electrons. The molecule has 9 nitrogen and oxygen atoms in total. The van der Waals surface area contributed by atoms with Gasteiger partial charge in [0.1, 0.15) is 6.61 Å². The number of hydrogen-bond acceptors (Lipinski definition) is 6. The summed E-state index contributed by atoms with van der Waals surface area (Å²) in [5.74, 6) is -1.75. The molecule has 2 aliphatic rings. The number of aliphatic hydroxyl groups excluding tert-OH is 1. The Morgan fingerprint density at radius 1 is 1.30 bits per heavy atom. The fourth-order valence-electron chi connectivity index (χ4n) is 4.75. The lowest BCUT2D eigenvalue weighted by Gasteiger charge is -2.39. The van der Waals surface area contributed by atoms with Crippen LogP contribution in [0.15, 0.2) is 24.3 Å². The minimum Gasteiger partial charge on any atom is -0.481 e. The van der Waals surface area contributed by atoms with Crippen molar-refractivity contribution < 1.29 is 29.3 Å². The largest absolute Gasteiger partial charge is 0.481 e. The van der Waals surface area contributed by atoms with Crippen LogP contribution < -0.4 is 10.6 Å². The maximum Gasteiger partial charge on any atom is 0.410 e. The standard InChI is InChI=1S/C24H35N3O6/c1-15(22(30)31)10-20(28)18(25)12-24(2,3)13-21(29)27-14-17(26-8-9-33-23(26)32)11-16-6-4-5-7-19(16)27/h4-7,15,17-18,20,28H,8-14,25H2,1-3H3,(H,30,31)/t15-,17-,18+,20+/m1/s1. The average Bonchev–Trinajstić information content (AvgIpc) is 3.17. The Kier molecular flexibility index (Phi) is 7.64. The van der Waals surface area contributed by atoms with Crippen molar-refractivity contribution in [1.82, 2.24) is 4.90 Å². The highest BCUT2D eigenvalue weighted by Gasteiger charge is 2.38. The van der Waals surface area contributed by atoms with Gasteiger partial charge >= 0.3 is 12.1 Å². The van der Waals surface area contributed by atoms with Gasteiger partial charge in [-0.15, -0.1) is 0 Å². The van der Waals surface area contributed by atoms with Crippen molar-refractivity contribution in [2.75, 3.05) is 24.6 Å². The number of hydrogen-bond donors (Lipinski definition) is 3. The fraction of sp³-hybridized carbons (Fsp3) is 0.625. The lowest BCUT2D eigenvalue weighted by Crippen LogP contribution is -2.51. The SMILES string of the molecule is C[C@H](C[C@H](O)[C@@H](N)CC(C)(C)CC(=O)N1C[C@H](N2CCOC2=O)Cc2ccccc21)C(=O)O. The third kappa shape index (κ3) is 6.03. The van der Waals surface area contributed by atoms with E-state index in [1.807, 2.05) is 38.1 Å². The summed E-state index contributed by atoms with van der Waals surface area (Å²) < 4.78 is 5.10. The van der Waals surface area contributed by atoms with Crippen LogP contribution in [0.4, 0.5) is 10.5 Å². The van der Waals surface area contributed by atoms with Gasteiger partial charge in [-0.1, -0.05) is 39.0 Å². The summed E-state index contributed by atoms with van der Waals surface area (Å²) in [6.07, 6.45) is -0.0171. The highest BCUT2D eigenvalue weighted by Crippen LogP contribution is 2.34. The normalized spacial score (nSPS) is 21.2. The van der Waals surface area contributed by atoms with Crippen LogP contribution in [0.2, 0.25) is 0 Å². The molecule has 0 unspecified atom stereocenters.